The Morgan fingerprint density at radius 3 is 1.22 bits per heavy atom. The fourth-order valence-corrected chi connectivity index (χ4v) is 0. The maximum Gasteiger partial charge on any atom is 2.00 e. The van der Waals surface area contributed by atoms with Crippen molar-refractivity contribution < 1.29 is 2.85 Å². The minimum absolute atomic E-state index is 0. The van der Waals surface area contributed by atoms with E-state index in [1.807, 2.05) is 0 Å². The van der Waals surface area contributed by atoms with Crippen LogP contribution in [-0.2, 0) is 0 Å². The van der Waals surface area contributed by atoms with Crippen LogP contribution in [0.5, 0.6) is 0 Å². The quantitative estimate of drug-likeness (QED) is 0.653. The first-order valence-corrected chi connectivity index (χ1v) is 15.1. The fraction of sp³-hybridized carbons (Fsp3) is 1.00. The monoisotopic (exact) mass is 310 g/mol. The molecule has 0 N–H and O–H groups in total. The van der Waals surface area contributed by atoms with E-state index >= 15 is 0 Å². The van der Waals surface area contributed by atoms with Crippen LogP contribution in [0.4, 0.5) is 0 Å². The van der Waals surface area contributed by atoms with E-state index in [0.29, 0.717) is 0 Å². The molecular weight excluding hydrogens is 297 g/mol. The Balaban J connectivity index is -0.0000000171. The SMILES string of the molecule is CCCC.[Cl][SnH]([Cl])[Cl].[H-].[H-].[Mg+2]. The molecule has 0 bridgehead atoms. The molecule has 0 spiro atoms. The van der Waals surface area contributed by atoms with Gasteiger partial charge in [-0.1, -0.05) is 26.7 Å². The Hall–Kier alpha value is 2.43. The molecule has 0 aliphatic heterocycles. The van der Waals surface area contributed by atoms with Crippen LogP contribution in [-0.4, -0.2) is 39.4 Å². The smallest absolute Gasteiger partial charge is 1.00 e. The molecule has 0 atom stereocenters. The van der Waals surface area contributed by atoms with Crippen molar-refractivity contribution in [3.05, 3.63) is 0 Å². The molecule has 0 aliphatic rings. The third kappa shape index (κ3) is 62.9. The predicted octanol–water partition coefficient (Wildman–Crippen LogP) is 3.07. The summed E-state index contributed by atoms with van der Waals surface area (Å²) in [7, 11) is 15.0. The topological polar surface area (TPSA) is 0 Å². The summed E-state index contributed by atoms with van der Waals surface area (Å²) in [5.74, 6) is 0. The molecule has 0 heterocycles. The van der Waals surface area contributed by atoms with E-state index in [2.05, 4.69) is 13.8 Å². The number of hydrogen-bond donors (Lipinski definition) is 0. The maximum absolute atomic E-state index is 5.02. The van der Waals surface area contributed by atoms with Gasteiger partial charge >= 0.3 is 66.2 Å². The zero-order chi connectivity index (χ0) is 6.99. The van der Waals surface area contributed by atoms with Crippen LogP contribution in [0.1, 0.15) is 29.5 Å². The number of halogens is 3. The van der Waals surface area contributed by atoms with Gasteiger partial charge in [0.25, 0.3) is 0 Å². The van der Waals surface area contributed by atoms with Crippen LogP contribution >= 0.6 is 26.8 Å². The molecule has 0 aromatic carbocycles. The van der Waals surface area contributed by atoms with Gasteiger partial charge in [0.1, 0.15) is 0 Å². The van der Waals surface area contributed by atoms with Gasteiger partial charge in [0, 0.05) is 0 Å². The molecule has 0 aromatic rings. The van der Waals surface area contributed by atoms with Gasteiger partial charge in [-0.3, -0.25) is 0 Å². The molecule has 0 saturated heterocycles. The predicted molar refractivity (Wildman–Crippen MR) is 53.3 cm³/mol. The molecular formula is C4H13Cl3MgSn. The number of hydrogen-bond acceptors (Lipinski definition) is 0. The first kappa shape index (κ1) is 17.5. The molecule has 0 amide bonds. The molecule has 0 saturated carbocycles. The van der Waals surface area contributed by atoms with Crippen LogP contribution in [0.25, 0.3) is 0 Å². The summed E-state index contributed by atoms with van der Waals surface area (Å²) in [4.78, 5) is 0. The maximum atomic E-state index is 5.02. The summed E-state index contributed by atoms with van der Waals surface area (Å²) in [5, 5.41) is 0. The third-order valence-electron chi connectivity index (χ3n) is 0.500. The molecule has 0 aromatic heterocycles. The van der Waals surface area contributed by atoms with Crippen molar-refractivity contribution in [2.24, 2.45) is 0 Å². The van der Waals surface area contributed by atoms with E-state index in [1.54, 1.807) is 0 Å². The van der Waals surface area contributed by atoms with Crippen LogP contribution in [0.15, 0.2) is 0 Å². The van der Waals surface area contributed by atoms with Crippen molar-refractivity contribution in [3.63, 3.8) is 0 Å². The molecule has 5 heteroatoms. The minimum Gasteiger partial charge on any atom is -1.00 e. The summed E-state index contributed by atoms with van der Waals surface area (Å²) in [6.45, 7) is 4.36. The van der Waals surface area contributed by atoms with Gasteiger partial charge in [0.15, 0.2) is 0 Å². The Morgan fingerprint density at radius 2 is 1.22 bits per heavy atom. The molecule has 9 heavy (non-hydrogen) atoms. The van der Waals surface area contributed by atoms with Gasteiger partial charge in [0.05, 0.1) is 0 Å². The summed E-state index contributed by atoms with van der Waals surface area (Å²) in [6, 6.07) is 0. The van der Waals surface area contributed by atoms with Crippen LogP contribution in [0.3, 0.4) is 0 Å². The van der Waals surface area contributed by atoms with E-state index in [1.165, 1.54) is 12.8 Å². The number of rotatable bonds is 1. The zero-order valence-electron chi connectivity index (χ0n) is 7.83. The van der Waals surface area contributed by atoms with Crippen molar-refractivity contribution >= 4 is 66.2 Å². The van der Waals surface area contributed by atoms with E-state index in [0.717, 1.165) is 0 Å². The van der Waals surface area contributed by atoms with Crippen LogP contribution in [0.2, 0.25) is 0 Å². The molecule has 0 fully saturated rings. The van der Waals surface area contributed by atoms with Crippen molar-refractivity contribution in [2.45, 2.75) is 26.7 Å². The first-order chi connectivity index (χ1) is 3.65. The van der Waals surface area contributed by atoms with Crippen molar-refractivity contribution in [3.8, 4) is 0 Å². The van der Waals surface area contributed by atoms with Gasteiger partial charge in [-0.05, 0) is 0 Å². The normalized spacial score (nSPS) is 7.33. The van der Waals surface area contributed by atoms with Crippen molar-refractivity contribution in [1.29, 1.82) is 0 Å². The second-order valence-electron chi connectivity index (χ2n) is 1.25. The Labute approximate surface area is 94.6 Å². The Morgan fingerprint density at radius 1 is 1.11 bits per heavy atom. The molecule has 0 nitrogen and oxygen atoms in total. The number of unbranched alkanes of at least 4 members (excludes halogenated alkanes) is 1. The average molecular weight is 311 g/mol. The average Bonchev–Trinajstić information content (AvgIpc) is 1.65. The zero-order valence-corrected chi connectivity index (χ0v) is 12.8. The minimum atomic E-state index is -2.22. The van der Waals surface area contributed by atoms with Gasteiger partial charge in [0.2, 0.25) is 0 Å². The molecule has 0 rings (SSSR count). The summed E-state index contributed by atoms with van der Waals surface area (Å²) < 4.78 is 0. The molecule has 0 unspecified atom stereocenters. The Bertz CT molecular complexity index is 39.8. The van der Waals surface area contributed by atoms with Gasteiger partial charge in [-0.25, -0.2) is 0 Å². The van der Waals surface area contributed by atoms with E-state index in [-0.39, 0.29) is 25.9 Å². The molecule has 56 valence electrons. The van der Waals surface area contributed by atoms with E-state index in [4.69, 9.17) is 26.8 Å². The second kappa shape index (κ2) is 16.8. The van der Waals surface area contributed by atoms with Crippen LogP contribution in [0, 0.1) is 0 Å². The Kier molecular flexibility index (Phi) is 32.7. The summed E-state index contributed by atoms with van der Waals surface area (Å²) >= 11 is -2.22. The first-order valence-electron chi connectivity index (χ1n) is 2.57. The fourth-order valence-electron chi connectivity index (χ4n) is 0. The van der Waals surface area contributed by atoms with Gasteiger partial charge in [-0.15, -0.1) is 0 Å². The standard InChI is InChI=1S/C4H10.3ClH.Mg.Sn.3H/c1-3-4-2;;;;;;;;/h3-4H2,1-2H3;3*1H;;;;;/q;;;;+2;+3;;2*-1/p-3. The van der Waals surface area contributed by atoms with Crippen LogP contribution < -0.4 is 0 Å². The summed E-state index contributed by atoms with van der Waals surface area (Å²) in [5.41, 5.74) is 0. The summed E-state index contributed by atoms with van der Waals surface area (Å²) in [6.07, 6.45) is 2.64. The third-order valence-corrected chi connectivity index (χ3v) is 0.500. The van der Waals surface area contributed by atoms with Crippen molar-refractivity contribution in [1.82, 2.24) is 0 Å². The van der Waals surface area contributed by atoms with Gasteiger partial charge < -0.3 is 2.85 Å². The molecule has 0 aliphatic carbocycles. The van der Waals surface area contributed by atoms with E-state index in [9.17, 15) is 0 Å². The van der Waals surface area contributed by atoms with Crippen molar-refractivity contribution in [2.75, 3.05) is 0 Å². The van der Waals surface area contributed by atoms with Gasteiger partial charge in [-0.2, -0.15) is 0 Å². The largest absolute Gasteiger partial charge is 2.00 e. The molecule has 0 radical (unpaired) electrons. The van der Waals surface area contributed by atoms with E-state index < -0.39 is 16.4 Å². The second-order valence-corrected chi connectivity index (χ2v) is 15.9.